The fourth-order valence-electron chi connectivity index (χ4n) is 2.28. The van der Waals surface area contributed by atoms with Gasteiger partial charge in [-0.15, -0.1) is 0 Å². The maximum absolute atomic E-state index is 13.4. The standard InChI is InChI=1S/C17H18BrFN6O4S/c1-9(27)14(20-2)13(8-26)21-5-6-30-17-15(24-29-25-17)16(23-28)22-10-3-4-12(19)11(18)7-10/h3-4,7-8,20-21,28H,5-6H2,1-2H3,(H,22,23)/b14-13-. The maximum atomic E-state index is 13.4. The molecule has 0 unspecified atom stereocenters. The van der Waals surface area contributed by atoms with Crippen LogP contribution < -0.4 is 16.0 Å². The van der Waals surface area contributed by atoms with Crippen molar-refractivity contribution in [2.24, 2.45) is 5.16 Å². The van der Waals surface area contributed by atoms with Crippen molar-refractivity contribution in [3.8, 4) is 0 Å². The molecule has 0 aliphatic carbocycles. The van der Waals surface area contributed by atoms with Gasteiger partial charge in [-0.1, -0.05) is 16.9 Å². The summed E-state index contributed by atoms with van der Waals surface area (Å²) in [6, 6.07) is 4.16. The summed E-state index contributed by atoms with van der Waals surface area (Å²) in [5.74, 6) is -0.337. The molecule has 13 heteroatoms. The van der Waals surface area contributed by atoms with Gasteiger partial charge in [-0.25, -0.2) is 9.02 Å². The number of thioether (sulfide) groups is 1. The molecule has 0 saturated heterocycles. The van der Waals surface area contributed by atoms with Crippen LogP contribution in [-0.2, 0) is 9.59 Å². The molecule has 0 aliphatic heterocycles. The van der Waals surface area contributed by atoms with Crippen molar-refractivity contribution in [1.82, 2.24) is 20.9 Å². The normalized spacial score (nSPS) is 12.2. The fraction of sp³-hybridized carbons (Fsp3) is 0.235. The number of amidine groups is 1. The quantitative estimate of drug-likeness (QED) is 0.0559. The lowest BCUT2D eigenvalue weighted by molar-refractivity contribution is -0.114. The summed E-state index contributed by atoms with van der Waals surface area (Å²) in [4.78, 5) is 22.7. The third-order valence-electron chi connectivity index (χ3n) is 3.61. The first-order valence-corrected chi connectivity index (χ1v) is 10.2. The van der Waals surface area contributed by atoms with E-state index in [0.29, 0.717) is 29.3 Å². The van der Waals surface area contributed by atoms with Gasteiger partial charge >= 0.3 is 0 Å². The van der Waals surface area contributed by atoms with Crippen molar-refractivity contribution in [3.05, 3.63) is 45.6 Å². The van der Waals surface area contributed by atoms with Crippen LogP contribution >= 0.6 is 27.7 Å². The lowest BCUT2D eigenvalue weighted by Gasteiger charge is -2.10. The minimum Gasteiger partial charge on any atom is -0.409 e. The van der Waals surface area contributed by atoms with E-state index in [9.17, 15) is 19.2 Å². The number of likely N-dealkylation sites (N-methyl/N-ethyl adjacent to an activating group) is 1. The summed E-state index contributed by atoms with van der Waals surface area (Å²) >= 11 is 4.29. The summed E-state index contributed by atoms with van der Waals surface area (Å²) in [7, 11) is 1.55. The molecular formula is C17H18BrFN6O4S. The summed E-state index contributed by atoms with van der Waals surface area (Å²) < 4.78 is 18.3. The second kappa shape index (κ2) is 11.3. The minimum absolute atomic E-state index is 0.0484. The van der Waals surface area contributed by atoms with E-state index < -0.39 is 5.82 Å². The first-order chi connectivity index (χ1) is 14.4. The number of nitrogens with zero attached hydrogens (tertiary/aromatic N) is 3. The van der Waals surface area contributed by atoms with E-state index in [-0.39, 0.29) is 33.2 Å². The van der Waals surface area contributed by atoms with Crippen LogP contribution in [0.15, 0.2) is 48.9 Å². The smallest absolute Gasteiger partial charge is 0.202 e. The van der Waals surface area contributed by atoms with Gasteiger partial charge in [0, 0.05) is 32.0 Å². The van der Waals surface area contributed by atoms with E-state index in [1.54, 1.807) is 7.05 Å². The Hall–Kier alpha value is -2.93. The summed E-state index contributed by atoms with van der Waals surface area (Å²) in [5.41, 5.74) is 0.920. The number of Topliss-reactive ketones (excluding diaryl/α,β-unsaturated/α-hetero) is 1. The number of carbonyl (C=O) groups excluding carboxylic acids is 2. The molecular weight excluding hydrogens is 483 g/mol. The molecule has 0 amide bonds. The number of halogens is 2. The van der Waals surface area contributed by atoms with Crippen molar-refractivity contribution >= 4 is 51.3 Å². The third-order valence-corrected chi connectivity index (χ3v) is 5.17. The largest absolute Gasteiger partial charge is 0.409 e. The zero-order valence-corrected chi connectivity index (χ0v) is 18.3. The molecule has 1 heterocycles. The number of hydrogen-bond acceptors (Lipinski definition) is 10. The molecule has 0 aliphatic rings. The van der Waals surface area contributed by atoms with Crippen LogP contribution in [0.5, 0.6) is 0 Å². The van der Waals surface area contributed by atoms with Crippen LogP contribution in [0, 0.1) is 5.82 Å². The first kappa shape index (κ1) is 23.3. The molecule has 1 aromatic heterocycles. The highest BCUT2D eigenvalue weighted by molar-refractivity contribution is 9.10. The lowest BCUT2D eigenvalue weighted by atomic mass is 10.2. The summed E-state index contributed by atoms with van der Waals surface area (Å²) in [5, 5.41) is 28.7. The number of allylic oxidation sites excluding steroid dienone is 2. The Balaban J connectivity index is 2.03. The van der Waals surface area contributed by atoms with E-state index >= 15 is 0 Å². The summed E-state index contributed by atoms with van der Waals surface area (Å²) in [6.07, 6.45) is 0.558. The minimum atomic E-state index is -0.440. The van der Waals surface area contributed by atoms with Crippen LogP contribution in [0.4, 0.5) is 10.1 Å². The molecule has 160 valence electrons. The van der Waals surface area contributed by atoms with Crippen LogP contribution in [0.3, 0.4) is 0 Å². The first-order valence-electron chi connectivity index (χ1n) is 8.43. The zero-order valence-electron chi connectivity index (χ0n) is 15.9. The van der Waals surface area contributed by atoms with Gasteiger partial charge in [-0.3, -0.25) is 9.59 Å². The Morgan fingerprint density at radius 2 is 2.20 bits per heavy atom. The van der Waals surface area contributed by atoms with Gasteiger partial charge < -0.3 is 21.2 Å². The highest BCUT2D eigenvalue weighted by atomic mass is 79.9. The van der Waals surface area contributed by atoms with E-state index in [4.69, 9.17) is 4.63 Å². The van der Waals surface area contributed by atoms with E-state index in [0.717, 1.165) is 0 Å². The Bertz CT molecular complexity index is 981. The number of benzene rings is 1. The molecule has 0 spiro atoms. The predicted molar refractivity (Wildman–Crippen MR) is 112 cm³/mol. The average molecular weight is 501 g/mol. The molecule has 0 radical (unpaired) electrons. The second-order valence-corrected chi connectivity index (χ2v) is 7.55. The SMILES string of the molecule is CN/C(C(C)=O)=C(/C=O)NCCSc1nonc1/C(=N/O)Nc1ccc(F)c(Br)c1. The monoisotopic (exact) mass is 500 g/mol. The average Bonchev–Trinajstić information content (AvgIpc) is 3.19. The number of carbonyl (C=O) groups is 2. The fourth-order valence-corrected chi connectivity index (χ4v) is 3.42. The van der Waals surface area contributed by atoms with E-state index in [1.165, 1.54) is 36.9 Å². The van der Waals surface area contributed by atoms with Gasteiger partial charge in [0.15, 0.2) is 22.8 Å². The highest BCUT2D eigenvalue weighted by Crippen LogP contribution is 2.23. The van der Waals surface area contributed by atoms with Crippen molar-refractivity contribution in [2.75, 3.05) is 24.7 Å². The number of anilines is 1. The molecule has 0 bridgehead atoms. The van der Waals surface area contributed by atoms with Crippen molar-refractivity contribution in [2.45, 2.75) is 11.9 Å². The Morgan fingerprint density at radius 3 is 2.80 bits per heavy atom. The lowest BCUT2D eigenvalue weighted by Crippen LogP contribution is -2.26. The Kier molecular flexibility index (Phi) is 8.80. The van der Waals surface area contributed by atoms with Crippen molar-refractivity contribution in [3.63, 3.8) is 0 Å². The van der Waals surface area contributed by atoms with E-state index in [1.807, 2.05) is 0 Å². The number of aromatic nitrogens is 2. The van der Waals surface area contributed by atoms with Gasteiger partial charge in [0.1, 0.15) is 17.2 Å². The molecule has 0 saturated carbocycles. The van der Waals surface area contributed by atoms with Crippen LogP contribution in [-0.4, -0.2) is 52.8 Å². The topological polar surface area (TPSA) is 142 Å². The molecule has 0 atom stereocenters. The van der Waals surface area contributed by atoms with Crippen LogP contribution in [0.1, 0.15) is 12.6 Å². The second-order valence-electron chi connectivity index (χ2n) is 5.61. The number of hydrogen-bond donors (Lipinski definition) is 4. The Morgan fingerprint density at radius 1 is 1.43 bits per heavy atom. The summed E-state index contributed by atoms with van der Waals surface area (Å²) in [6.45, 7) is 1.68. The number of ketones is 1. The molecule has 1 aromatic carbocycles. The van der Waals surface area contributed by atoms with Crippen molar-refractivity contribution < 1.29 is 23.8 Å². The van der Waals surface area contributed by atoms with Gasteiger partial charge in [-0.2, -0.15) is 0 Å². The third kappa shape index (κ3) is 6.03. The molecule has 10 nitrogen and oxygen atoms in total. The van der Waals surface area contributed by atoms with Gasteiger partial charge in [-0.05, 0) is 44.4 Å². The number of aldehydes is 1. The zero-order chi connectivity index (χ0) is 22.1. The van der Waals surface area contributed by atoms with Gasteiger partial charge in [0.25, 0.3) is 0 Å². The molecule has 2 rings (SSSR count). The van der Waals surface area contributed by atoms with Crippen LogP contribution in [0.25, 0.3) is 0 Å². The number of rotatable bonds is 10. The Labute approximate surface area is 183 Å². The molecule has 0 fully saturated rings. The predicted octanol–water partition coefficient (Wildman–Crippen LogP) is 2.12. The highest BCUT2D eigenvalue weighted by Gasteiger charge is 2.18. The van der Waals surface area contributed by atoms with E-state index in [2.05, 4.69) is 47.3 Å². The number of oxime groups is 1. The van der Waals surface area contributed by atoms with Gasteiger partial charge in [0.2, 0.25) is 5.84 Å². The van der Waals surface area contributed by atoms with Gasteiger partial charge in [0.05, 0.1) is 4.47 Å². The van der Waals surface area contributed by atoms with Crippen molar-refractivity contribution in [1.29, 1.82) is 0 Å². The molecule has 2 aromatic rings. The van der Waals surface area contributed by atoms with Crippen LogP contribution in [0.2, 0.25) is 0 Å². The molecule has 30 heavy (non-hydrogen) atoms. The maximum Gasteiger partial charge on any atom is 0.202 e. The number of nitrogens with one attached hydrogen (secondary N) is 3. The molecule has 4 N–H and O–H groups in total.